The Morgan fingerprint density at radius 1 is 0.940 bits per heavy atom. The highest BCUT2D eigenvalue weighted by Gasteiger charge is 2.53. The van der Waals surface area contributed by atoms with Crippen LogP contribution in [0.2, 0.25) is 0 Å². The second-order valence-corrected chi connectivity index (χ2v) is 20.3. The van der Waals surface area contributed by atoms with E-state index < -0.39 is 114 Å². The van der Waals surface area contributed by atoms with Gasteiger partial charge >= 0.3 is 18.2 Å². The molecule has 4 saturated heterocycles. The number of rotatable bonds is 9. The molecular formula is C48H75FN4O14. The minimum absolute atomic E-state index is 0.159. The highest BCUT2D eigenvalue weighted by atomic mass is 19.1. The number of halogens is 1. The van der Waals surface area contributed by atoms with Crippen LogP contribution in [-0.4, -0.2) is 157 Å². The summed E-state index contributed by atoms with van der Waals surface area (Å²) < 4.78 is 63.0. The van der Waals surface area contributed by atoms with Crippen LogP contribution in [0.4, 0.5) is 14.0 Å². The molecule has 19 heteroatoms. The minimum atomic E-state index is -1.61. The first-order valence-corrected chi connectivity index (χ1v) is 23.5. The zero-order valence-corrected chi connectivity index (χ0v) is 41.3. The lowest BCUT2D eigenvalue weighted by Gasteiger charge is -2.49. The maximum Gasteiger partial charge on any atom is 0.509 e. The average molecular weight is 951 g/mol. The van der Waals surface area contributed by atoms with E-state index in [0.29, 0.717) is 24.9 Å². The number of benzene rings is 1. The van der Waals surface area contributed by atoms with Crippen molar-refractivity contribution in [2.75, 3.05) is 27.7 Å². The Bertz CT molecular complexity index is 1870. The normalized spacial score (nSPS) is 39.0. The smallest absolute Gasteiger partial charge is 0.458 e. The minimum Gasteiger partial charge on any atom is -0.458 e. The molecule has 67 heavy (non-hydrogen) atoms. The number of likely N-dealkylation sites (N-methyl/N-ethyl adjacent to an activating group) is 2. The molecule has 4 heterocycles. The molecule has 4 aliphatic heterocycles. The zero-order chi connectivity index (χ0) is 49.7. The molecule has 4 N–H and O–H groups in total. The molecule has 2 amide bonds. The SMILES string of the molecule is CC[C@H]1OC(=O)[C@H](C)[C@@H](O[C@H]2CC(C)(C)[C@@H](OC(=O)NNC(=O)/C=C/c3ccc(F)cc3)[C@H](C)O2)[C@H](C)[C@@H](O[C@@H]2O[C@H](C)C[C@H](N(C)C)[C@H]2O)[C@@](C)(O)C[C@@H](C)CN(C)[C@H](C)[C@H]2OC(=O)O[C@H]21. The number of carbonyl (C=O) groups is 4. The molecule has 4 fully saturated rings. The largest absolute Gasteiger partial charge is 0.509 e. The van der Waals surface area contributed by atoms with Gasteiger partial charge in [0.2, 0.25) is 0 Å². The molecule has 18 nitrogen and oxygen atoms in total. The number of carbonyl (C=O) groups excluding carboxylic acids is 4. The average Bonchev–Trinajstić information content (AvgIpc) is 3.64. The molecule has 0 radical (unpaired) electrons. The van der Waals surface area contributed by atoms with E-state index >= 15 is 0 Å². The number of ether oxygens (including phenoxy) is 8. The number of fused-ring (bicyclic) bond motifs is 1. The molecule has 5 rings (SSSR count). The molecule has 17 atom stereocenters. The van der Waals surface area contributed by atoms with E-state index in [1.54, 1.807) is 20.8 Å². The zero-order valence-electron chi connectivity index (χ0n) is 41.3. The summed E-state index contributed by atoms with van der Waals surface area (Å²) in [5, 5.41) is 24.4. The van der Waals surface area contributed by atoms with Crippen LogP contribution in [-0.2, 0) is 47.5 Å². The predicted molar refractivity (Wildman–Crippen MR) is 242 cm³/mol. The van der Waals surface area contributed by atoms with Crippen LogP contribution >= 0.6 is 0 Å². The summed E-state index contributed by atoms with van der Waals surface area (Å²) in [6.07, 6.45) is -7.79. The first-order valence-electron chi connectivity index (χ1n) is 23.5. The van der Waals surface area contributed by atoms with Gasteiger partial charge < -0.3 is 53.0 Å². The highest BCUT2D eigenvalue weighted by Crippen LogP contribution is 2.42. The van der Waals surface area contributed by atoms with E-state index in [1.807, 2.05) is 79.4 Å². The number of cyclic esters (lactones) is 1. The molecule has 0 bridgehead atoms. The van der Waals surface area contributed by atoms with Crippen molar-refractivity contribution in [3.8, 4) is 0 Å². The number of nitrogens with one attached hydrogen (secondary N) is 2. The molecule has 378 valence electrons. The van der Waals surface area contributed by atoms with Crippen molar-refractivity contribution in [1.29, 1.82) is 0 Å². The summed E-state index contributed by atoms with van der Waals surface area (Å²) in [6, 6.07) is 4.84. The van der Waals surface area contributed by atoms with Crippen molar-refractivity contribution in [2.24, 2.45) is 23.2 Å². The highest BCUT2D eigenvalue weighted by molar-refractivity contribution is 5.92. The molecule has 1 aromatic rings. The van der Waals surface area contributed by atoms with Crippen molar-refractivity contribution >= 4 is 30.2 Å². The van der Waals surface area contributed by atoms with Gasteiger partial charge in [-0.2, -0.15) is 0 Å². The third-order valence-corrected chi connectivity index (χ3v) is 13.8. The lowest BCUT2D eigenvalue weighted by atomic mass is 9.77. The number of hydrogen-bond donors (Lipinski definition) is 4. The third-order valence-electron chi connectivity index (χ3n) is 13.8. The van der Waals surface area contributed by atoms with Gasteiger partial charge in [0, 0.05) is 42.5 Å². The van der Waals surface area contributed by atoms with E-state index in [1.165, 1.54) is 36.4 Å². The van der Waals surface area contributed by atoms with Gasteiger partial charge in [-0.3, -0.25) is 19.9 Å². The fraction of sp³-hybridized carbons (Fsp3) is 0.750. The molecule has 0 unspecified atom stereocenters. The van der Waals surface area contributed by atoms with Gasteiger partial charge in [0.15, 0.2) is 24.8 Å². The Hall–Kier alpha value is -3.95. The first kappa shape index (κ1) is 54.0. The topological polar surface area (TPSA) is 213 Å². The number of aliphatic hydroxyl groups excluding tert-OH is 1. The fourth-order valence-electron chi connectivity index (χ4n) is 10.2. The van der Waals surface area contributed by atoms with E-state index in [9.17, 15) is 33.8 Å². The molecular weight excluding hydrogens is 876 g/mol. The Kier molecular flexibility index (Phi) is 18.3. The standard InChI is InChI=1S/C48H75FN4O14/c1-14-34-40-39(64-46(58)65-40)29(6)53(13)24-25(2)22-48(10,59)41(66-44-37(55)33(52(11)12)21-26(3)60-44)27(4)38(28(5)43(56)62-34)63-36-23-47(8,9)42(30(7)61-36)67-45(57)51-50-35(54)20-17-31-15-18-32(49)19-16-31/h15-20,25-30,33-34,36-42,44,55,59H,14,21-24H2,1-13H3,(H,50,54)(H,51,57)/b20-17+/t25-,26-,27+,28-,29-,30+,33+,34-,36+,37-,38+,39-,40+,41-,42+,44+,48+/m1/s1. The van der Waals surface area contributed by atoms with E-state index in [4.69, 9.17) is 37.9 Å². The van der Waals surface area contributed by atoms with Crippen LogP contribution in [0.25, 0.3) is 6.08 Å². The van der Waals surface area contributed by atoms with Crippen molar-refractivity contribution < 1.29 is 71.7 Å². The third kappa shape index (κ3) is 13.6. The first-order chi connectivity index (χ1) is 31.3. The van der Waals surface area contributed by atoms with Crippen LogP contribution in [0.3, 0.4) is 0 Å². The van der Waals surface area contributed by atoms with E-state index in [0.717, 1.165) is 0 Å². The number of nitrogens with zero attached hydrogens (tertiary/aromatic N) is 2. The van der Waals surface area contributed by atoms with Crippen LogP contribution < -0.4 is 10.9 Å². The number of hydrogen-bond acceptors (Lipinski definition) is 16. The Morgan fingerprint density at radius 2 is 1.60 bits per heavy atom. The lowest BCUT2D eigenvalue weighted by molar-refractivity contribution is -0.312. The molecule has 0 spiro atoms. The number of hydrazine groups is 1. The van der Waals surface area contributed by atoms with Gasteiger partial charge in [-0.1, -0.05) is 46.8 Å². The number of aliphatic hydroxyl groups is 2. The summed E-state index contributed by atoms with van der Waals surface area (Å²) in [6.45, 7) is 18.7. The number of amides is 2. The van der Waals surface area contributed by atoms with Gasteiger partial charge in [-0.05, 0) is 105 Å². The van der Waals surface area contributed by atoms with Gasteiger partial charge in [-0.25, -0.2) is 19.4 Å². The van der Waals surface area contributed by atoms with Gasteiger partial charge in [0.1, 0.15) is 24.1 Å². The monoisotopic (exact) mass is 951 g/mol. The van der Waals surface area contributed by atoms with Crippen LogP contribution in [0, 0.1) is 29.0 Å². The van der Waals surface area contributed by atoms with Crippen LogP contribution in [0.15, 0.2) is 30.3 Å². The van der Waals surface area contributed by atoms with E-state index in [-0.39, 0.29) is 36.9 Å². The van der Waals surface area contributed by atoms with Crippen molar-refractivity contribution in [3.63, 3.8) is 0 Å². The van der Waals surface area contributed by atoms with Gasteiger partial charge in [0.25, 0.3) is 5.91 Å². The Morgan fingerprint density at radius 3 is 2.22 bits per heavy atom. The molecule has 1 aromatic carbocycles. The summed E-state index contributed by atoms with van der Waals surface area (Å²) >= 11 is 0. The van der Waals surface area contributed by atoms with Crippen molar-refractivity contribution in [2.45, 2.75) is 180 Å². The summed E-state index contributed by atoms with van der Waals surface area (Å²) in [5.74, 6) is -3.74. The Labute approximate surface area is 394 Å². The van der Waals surface area contributed by atoms with Crippen molar-refractivity contribution in [3.05, 3.63) is 41.7 Å². The maximum atomic E-state index is 14.5. The summed E-state index contributed by atoms with van der Waals surface area (Å²) in [7, 11) is 5.64. The predicted octanol–water partition coefficient (Wildman–Crippen LogP) is 4.93. The van der Waals surface area contributed by atoms with Crippen LogP contribution in [0.5, 0.6) is 0 Å². The summed E-state index contributed by atoms with van der Waals surface area (Å²) in [5.41, 5.74) is 2.68. The van der Waals surface area contributed by atoms with Gasteiger partial charge in [-0.15, -0.1) is 0 Å². The number of esters is 1. The van der Waals surface area contributed by atoms with E-state index in [2.05, 4.69) is 10.9 Å². The lowest BCUT2D eigenvalue weighted by Crippen LogP contribution is -2.60. The molecule has 4 aliphatic rings. The molecule has 0 aliphatic carbocycles. The molecule has 0 saturated carbocycles. The van der Waals surface area contributed by atoms with Crippen molar-refractivity contribution in [1.82, 2.24) is 20.7 Å². The van der Waals surface area contributed by atoms with Crippen LogP contribution in [0.1, 0.15) is 100 Å². The summed E-state index contributed by atoms with van der Waals surface area (Å²) in [4.78, 5) is 56.6. The second-order valence-electron chi connectivity index (χ2n) is 20.3. The maximum absolute atomic E-state index is 14.5. The second kappa shape index (κ2) is 22.6. The quantitative estimate of drug-likeness (QED) is 0.112. The fourth-order valence-corrected chi connectivity index (χ4v) is 10.2. The Balaban J connectivity index is 1.43. The van der Waals surface area contributed by atoms with Gasteiger partial charge in [0.05, 0.1) is 35.9 Å². The molecule has 0 aromatic heterocycles.